The number of fused-ring (bicyclic) bond motifs is 1. The molecule has 1 atom stereocenters. The Hall–Kier alpha value is -2.19. The van der Waals surface area contributed by atoms with E-state index in [9.17, 15) is 4.79 Å². The van der Waals surface area contributed by atoms with Gasteiger partial charge in [-0.25, -0.2) is 0 Å². The van der Waals surface area contributed by atoms with Crippen LogP contribution in [-0.4, -0.2) is 42.9 Å². The predicted octanol–water partition coefficient (Wildman–Crippen LogP) is 9.37. The maximum atomic E-state index is 13.8. The number of benzene rings is 2. The number of carbonyl (C=O) groups excluding carboxylic acids is 1. The molecule has 8 heteroatoms. The van der Waals surface area contributed by atoms with Crippen LogP contribution in [0.2, 0.25) is 0 Å². The van der Waals surface area contributed by atoms with Crippen molar-refractivity contribution in [2.24, 2.45) is 0 Å². The number of ether oxygens (including phenoxy) is 5. The minimum Gasteiger partial charge on any atom is -0.496 e. The molecule has 2 aromatic rings. The van der Waals surface area contributed by atoms with E-state index in [1.807, 2.05) is 18.2 Å². The summed E-state index contributed by atoms with van der Waals surface area (Å²) < 4.78 is 29.7. The Balaban J connectivity index is 2.01. The van der Waals surface area contributed by atoms with Crippen molar-refractivity contribution in [3.05, 3.63) is 52.1 Å². The third-order valence-electron chi connectivity index (χ3n) is 7.65. The van der Waals surface area contributed by atoms with Crippen molar-refractivity contribution in [3.63, 3.8) is 0 Å². The molecular weight excluding hydrogens is 664 g/mol. The van der Waals surface area contributed by atoms with Crippen molar-refractivity contribution < 1.29 is 28.5 Å². The van der Waals surface area contributed by atoms with Crippen molar-refractivity contribution in [1.82, 2.24) is 0 Å². The van der Waals surface area contributed by atoms with Gasteiger partial charge in [-0.1, -0.05) is 77.3 Å². The van der Waals surface area contributed by atoms with E-state index in [-0.39, 0.29) is 20.9 Å². The largest absolute Gasteiger partial charge is 0.496 e. The van der Waals surface area contributed by atoms with Gasteiger partial charge in [0.1, 0.15) is 28.9 Å². The van der Waals surface area contributed by atoms with Crippen LogP contribution < -0.4 is 23.7 Å². The van der Waals surface area contributed by atoms with Gasteiger partial charge in [-0.15, -0.1) is 0 Å². The summed E-state index contributed by atoms with van der Waals surface area (Å²) in [6, 6.07) is 5.69. The van der Waals surface area contributed by atoms with Crippen molar-refractivity contribution in [1.29, 1.82) is 0 Å². The second kappa shape index (κ2) is 14.5. The molecule has 0 saturated heterocycles. The first-order valence-corrected chi connectivity index (χ1v) is 16.1. The second-order valence-electron chi connectivity index (χ2n) is 12.1. The van der Waals surface area contributed by atoms with E-state index in [2.05, 4.69) is 72.6 Å². The third kappa shape index (κ3) is 8.68. The molecule has 0 spiro atoms. The second-order valence-corrected chi connectivity index (χ2v) is 16.4. The molecule has 0 bridgehead atoms. The fourth-order valence-electron chi connectivity index (χ4n) is 5.40. The van der Waals surface area contributed by atoms with E-state index >= 15 is 0 Å². The highest BCUT2D eigenvalue weighted by Gasteiger charge is 2.35. The van der Waals surface area contributed by atoms with E-state index in [0.717, 1.165) is 42.4 Å². The lowest BCUT2D eigenvalue weighted by molar-refractivity contribution is 0.0842. The average molecular weight is 711 g/mol. The van der Waals surface area contributed by atoms with Gasteiger partial charge in [-0.2, -0.15) is 0 Å². The van der Waals surface area contributed by atoms with Crippen molar-refractivity contribution in [2.75, 3.05) is 28.4 Å². The molecule has 1 aliphatic rings. The number of rotatable bonds is 14. The molecule has 0 amide bonds. The summed E-state index contributed by atoms with van der Waals surface area (Å²) in [4.78, 5) is 13.8. The van der Waals surface area contributed by atoms with Crippen LogP contribution in [0, 0.1) is 0 Å². The van der Waals surface area contributed by atoms with Gasteiger partial charge in [-0.3, -0.25) is 4.79 Å². The zero-order valence-corrected chi connectivity index (χ0v) is 29.7. The summed E-state index contributed by atoms with van der Waals surface area (Å²) in [5.41, 5.74) is 4.51. The van der Waals surface area contributed by atoms with Gasteiger partial charge in [0.15, 0.2) is 17.3 Å². The first-order valence-electron chi connectivity index (χ1n) is 14.5. The number of allylic oxidation sites excluding steroid dienone is 2. The lowest BCUT2D eigenvalue weighted by atomic mass is 9.89. The SMILES string of the molecule is COc1cc2c(c(OC)c1CCC(C)(C)Br)C(=O)C[C@@H](c1ccc(OC)c(OC)c1CC=C(C)CCCC(C)(C)Br)O2. The zero-order valence-electron chi connectivity index (χ0n) is 26.5. The fraction of sp³-hybridized carbons (Fsp3) is 0.559. The van der Waals surface area contributed by atoms with Crippen molar-refractivity contribution in [3.8, 4) is 28.7 Å². The monoisotopic (exact) mass is 708 g/mol. The molecule has 2 aromatic carbocycles. The molecular formula is C34H46Br2O6. The lowest BCUT2D eigenvalue weighted by Crippen LogP contribution is -2.23. The van der Waals surface area contributed by atoms with Crippen LogP contribution in [-0.2, 0) is 12.8 Å². The fourth-order valence-corrected chi connectivity index (χ4v) is 5.88. The van der Waals surface area contributed by atoms with Gasteiger partial charge in [0.05, 0.1) is 34.9 Å². The van der Waals surface area contributed by atoms with E-state index in [4.69, 9.17) is 23.7 Å². The molecule has 1 heterocycles. The van der Waals surface area contributed by atoms with Gasteiger partial charge in [0, 0.05) is 31.4 Å². The van der Waals surface area contributed by atoms with Crippen molar-refractivity contribution in [2.45, 2.75) is 94.3 Å². The summed E-state index contributed by atoms with van der Waals surface area (Å²) >= 11 is 7.46. The first kappa shape index (κ1) is 34.3. The van der Waals surface area contributed by atoms with Gasteiger partial charge in [0.2, 0.25) is 0 Å². The normalized spacial score (nSPS) is 15.6. The van der Waals surface area contributed by atoms with Crippen molar-refractivity contribution >= 4 is 37.6 Å². The van der Waals surface area contributed by atoms with Gasteiger partial charge >= 0.3 is 0 Å². The molecule has 0 N–H and O–H groups in total. The Morgan fingerprint density at radius 1 is 0.929 bits per heavy atom. The van der Waals surface area contributed by atoms with Crippen LogP contribution in [0.4, 0.5) is 0 Å². The standard InChI is InChI=1S/C34H46Br2O6/c1-21(11-10-17-33(2,3)35)12-13-23-22(14-15-26(38-6)31(23)40-8)28-19-25(37)30-29(42-28)20-27(39-7)24(32(30)41-9)16-18-34(4,5)36/h12,14-15,20,28H,10-11,13,16-19H2,1-9H3/t28-/m0/s1. The summed E-state index contributed by atoms with van der Waals surface area (Å²) in [7, 11) is 6.50. The van der Waals surface area contributed by atoms with Gasteiger partial charge in [0.25, 0.3) is 0 Å². The maximum Gasteiger partial charge on any atom is 0.174 e. The van der Waals surface area contributed by atoms with E-state index in [0.29, 0.717) is 47.2 Å². The van der Waals surface area contributed by atoms with E-state index < -0.39 is 6.10 Å². The number of carbonyl (C=O) groups is 1. The highest BCUT2D eigenvalue weighted by atomic mass is 79.9. The average Bonchev–Trinajstić information content (AvgIpc) is 2.92. The molecule has 0 fully saturated rings. The molecule has 0 aromatic heterocycles. The molecule has 6 nitrogen and oxygen atoms in total. The number of ketones is 1. The summed E-state index contributed by atoms with van der Waals surface area (Å²) in [6.45, 7) is 10.8. The molecule has 0 unspecified atom stereocenters. The Kier molecular flexibility index (Phi) is 11.9. The van der Waals surface area contributed by atoms with Crippen LogP contribution in [0.5, 0.6) is 28.7 Å². The number of alkyl halides is 2. The molecule has 1 aliphatic heterocycles. The number of hydrogen-bond donors (Lipinski definition) is 0. The van der Waals surface area contributed by atoms with E-state index in [1.54, 1.807) is 28.4 Å². The summed E-state index contributed by atoms with van der Waals surface area (Å²) in [5.74, 6) is 2.93. The van der Waals surface area contributed by atoms with Crippen LogP contribution >= 0.6 is 31.9 Å². The van der Waals surface area contributed by atoms with Gasteiger partial charge in [-0.05, 0) is 51.5 Å². The third-order valence-corrected chi connectivity index (χ3v) is 8.44. The Morgan fingerprint density at radius 2 is 1.57 bits per heavy atom. The topological polar surface area (TPSA) is 63.2 Å². The Bertz CT molecular complexity index is 1290. The number of hydrogen-bond acceptors (Lipinski definition) is 6. The minimum atomic E-state index is -0.496. The van der Waals surface area contributed by atoms with Crippen LogP contribution in [0.3, 0.4) is 0 Å². The van der Waals surface area contributed by atoms with Gasteiger partial charge < -0.3 is 23.7 Å². The van der Waals surface area contributed by atoms with Crippen LogP contribution in [0.25, 0.3) is 0 Å². The molecule has 0 aliphatic carbocycles. The number of halogens is 2. The predicted molar refractivity (Wildman–Crippen MR) is 177 cm³/mol. The molecule has 42 heavy (non-hydrogen) atoms. The molecule has 0 radical (unpaired) electrons. The van der Waals surface area contributed by atoms with Crippen LogP contribution in [0.15, 0.2) is 29.8 Å². The minimum absolute atomic E-state index is 0.0232. The highest BCUT2D eigenvalue weighted by Crippen LogP contribution is 2.48. The van der Waals surface area contributed by atoms with Crippen LogP contribution in [0.1, 0.15) is 99.9 Å². The molecule has 0 saturated carbocycles. The number of Topliss-reactive ketones (excluding diaryl/α,β-unsaturated/α-hetero) is 1. The Morgan fingerprint density at radius 3 is 2.14 bits per heavy atom. The summed E-state index contributed by atoms with van der Waals surface area (Å²) in [6.07, 6.45) is 7.29. The highest BCUT2D eigenvalue weighted by molar-refractivity contribution is 9.10. The number of methoxy groups -OCH3 is 4. The zero-order chi connectivity index (χ0) is 31.2. The lowest BCUT2D eigenvalue weighted by Gasteiger charge is -2.30. The first-order chi connectivity index (χ1) is 19.7. The molecule has 232 valence electrons. The quantitative estimate of drug-likeness (QED) is 0.144. The maximum absolute atomic E-state index is 13.8. The van der Waals surface area contributed by atoms with E-state index in [1.165, 1.54) is 5.57 Å². The summed E-state index contributed by atoms with van der Waals surface area (Å²) in [5, 5.41) is 0. The Labute approximate surface area is 268 Å². The smallest absolute Gasteiger partial charge is 0.174 e. The molecule has 3 rings (SSSR count).